The molecule has 0 heterocycles. The van der Waals surface area contributed by atoms with Gasteiger partial charge in [0.25, 0.3) is 0 Å². The standard InChI is InChI=1S/C10H20NO2.K/c1-3-4-5-7-10(13)11(2)8-6-9-12;/h3-9H2,1-2H3;/q-1;+1. The zero-order valence-electron chi connectivity index (χ0n) is 9.71. The van der Waals surface area contributed by atoms with E-state index in [2.05, 4.69) is 6.92 Å². The molecule has 1 amide bonds. The number of nitrogens with zero attached hydrogens (tertiary/aromatic N) is 1. The molecule has 0 saturated carbocycles. The third kappa shape index (κ3) is 9.61. The van der Waals surface area contributed by atoms with Crippen molar-refractivity contribution in [3.63, 3.8) is 0 Å². The van der Waals surface area contributed by atoms with Crippen LogP contribution in [0.25, 0.3) is 0 Å². The number of carbonyl (C=O) groups is 1. The summed E-state index contributed by atoms with van der Waals surface area (Å²) in [5.41, 5.74) is 0. The molecule has 0 aromatic rings. The maximum absolute atomic E-state index is 11.3. The van der Waals surface area contributed by atoms with E-state index in [0.29, 0.717) is 19.4 Å². The molecule has 0 N–H and O–H groups in total. The third-order valence-electron chi connectivity index (χ3n) is 2.06. The van der Waals surface area contributed by atoms with Crippen molar-refractivity contribution in [3.05, 3.63) is 0 Å². The van der Waals surface area contributed by atoms with Crippen LogP contribution in [-0.4, -0.2) is 31.0 Å². The monoisotopic (exact) mass is 225 g/mol. The number of unbranched alkanes of at least 4 members (excludes halogenated alkanes) is 2. The van der Waals surface area contributed by atoms with E-state index in [9.17, 15) is 9.90 Å². The molecule has 0 aromatic carbocycles. The molecular weight excluding hydrogens is 205 g/mol. The van der Waals surface area contributed by atoms with Gasteiger partial charge < -0.3 is 10.0 Å². The maximum Gasteiger partial charge on any atom is 1.00 e. The van der Waals surface area contributed by atoms with Gasteiger partial charge in [0.1, 0.15) is 0 Å². The zero-order chi connectivity index (χ0) is 10.1. The predicted octanol–water partition coefficient (Wildman–Crippen LogP) is -2.22. The normalized spacial score (nSPS) is 9.36. The average molecular weight is 225 g/mol. The van der Waals surface area contributed by atoms with Crippen molar-refractivity contribution in [2.24, 2.45) is 0 Å². The largest absolute Gasteiger partial charge is 1.00 e. The van der Waals surface area contributed by atoms with Crippen molar-refractivity contribution in [1.82, 2.24) is 4.90 Å². The van der Waals surface area contributed by atoms with Gasteiger partial charge in [0.05, 0.1) is 0 Å². The van der Waals surface area contributed by atoms with Gasteiger partial charge in [-0.3, -0.25) is 4.79 Å². The number of amides is 1. The second kappa shape index (κ2) is 12.1. The van der Waals surface area contributed by atoms with Crippen LogP contribution in [-0.2, 0) is 4.79 Å². The Morgan fingerprint density at radius 1 is 1.29 bits per heavy atom. The predicted molar refractivity (Wildman–Crippen MR) is 51.3 cm³/mol. The van der Waals surface area contributed by atoms with Gasteiger partial charge in [-0.1, -0.05) is 26.2 Å². The Bertz CT molecular complexity index is 142. The van der Waals surface area contributed by atoms with Crippen LogP contribution in [0.5, 0.6) is 0 Å². The fraction of sp³-hybridized carbons (Fsp3) is 0.900. The van der Waals surface area contributed by atoms with E-state index in [-0.39, 0.29) is 63.9 Å². The minimum atomic E-state index is -0.0907. The molecule has 0 spiro atoms. The Balaban J connectivity index is 0. The van der Waals surface area contributed by atoms with Crippen LogP contribution < -0.4 is 56.5 Å². The summed E-state index contributed by atoms with van der Waals surface area (Å²) < 4.78 is 0. The van der Waals surface area contributed by atoms with Crippen LogP contribution in [0.3, 0.4) is 0 Å². The quantitative estimate of drug-likeness (QED) is 0.364. The second-order valence-electron chi connectivity index (χ2n) is 3.33. The van der Waals surface area contributed by atoms with Crippen molar-refractivity contribution in [1.29, 1.82) is 0 Å². The number of hydrogen-bond donors (Lipinski definition) is 0. The summed E-state index contributed by atoms with van der Waals surface area (Å²) in [6.45, 7) is 2.63. The van der Waals surface area contributed by atoms with E-state index >= 15 is 0 Å². The molecule has 0 aromatic heterocycles. The van der Waals surface area contributed by atoms with Crippen molar-refractivity contribution < 1.29 is 61.3 Å². The SMILES string of the molecule is CCCCCC(=O)N(C)CCC[O-].[K+]. The van der Waals surface area contributed by atoms with Gasteiger partial charge in [-0.25, -0.2) is 0 Å². The first kappa shape index (κ1) is 17.5. The summed E-state index contributed by atoms with van der Waals surface area (Å²) >= 11 is 0. The Morgan fingerprint density at radius 2 is 1.93 bits per heavy atom. The number of rotatable bonds is 7. The van der Waals surface area contributed by atoms with Gasteiger partial charge in [0.2, 0.25) is 5.91 Å². The van der Waals surface area contributed by atoms with Crippen molar-refractivity contribution in [3.8, 4) is 0 Å². The molecule has 0 aliphatic heterocycles. The summed E-state index contributed by atoms with van der Waals surface area (Å²) in [5, 5.41) is 10.2. The molecule has 0 radical (unpaired) electrons. The summed E-state index contributed by atoms with van der Waals surface area (Å²) in [6, 6.07) is 0. The van der Waals surface area contributed by atoms with Crippen LogP contribution in [0.1, 0.15) is 39.0 Å². The summed E-state index contributed by atoms with van der Waals surface area (Å²) in [6.07, 6.45) is 4.41. The molecule has 0 aliphatic rings. The van der Waals surface area contributed by atoms with Gasteiger partial charge in [-0.05, 0) is 6.42 Å². The van der Waals surface area contributed by atoms with E-state index in [1.807, 2.05) is 0 Å². The second-order valence-corrected chi connectivity index (χ2v) is 3.33. The van der Waals surface area contributed by atoms with Gasteiger partial charge in [0, 0.05) is 20.0 Å². The summed E-state index contributed by atoms with van der Waals surface area (Å²) in [7, 11) is 1.77. The van der Waals surface area contributed by atoms with Crippen molar-refractivity contribution in [2.75, 3.05) is 20.2 Å². The van der Waals surface area contributed by atoms with Crippen molar-refractivity contribution >= 4 is 5.91 Å². The van der Waals surface area contributed by atoms with Crippen LogP contribution >= 0.6 is 0 Å². The number of carbonyl (C=O) groups excluding carboxylic acids is 1. The van der Waals surface area contributed by atoms with Crippen LogP contribution in [0.15, 0.2) is 0 Å². The minimum absolute atomic E-state index is 0. The van der Waals surface area contributed by atoms with Crippen LogP contribution in [0.4, 0.5) is 0 Å². The molecule has 14 heavy (non-hydrogen) atoms. The Morgan fingerprint density at radius 3 is 2.43 bits per heavy atom. The molecule has 0 saturated heterocycles. The summed E-state index contributed by atoms with van der Waals surface area (Å²) in [5.74, 6) is 0.168. The fourth-order valence-electron chi connectivity index (χ4n) is 1.14. The van der Waals surface area contributed by atoms with E-state index in [1.165, 1.54) is 0 Å². The molecule has 0 fully saturated rings. The Labute approximate surface area is 130 Å². The fourth-order valence-corrected chi connectivity index (χ4v) is 1.14. The van der Waals surface area contributed by atoms with Crippen LogP contribution in [0, 0.1) is 0 Å². The maximum atomic E-state index is 11.3. The van der Waals surface area contributed by atoms with Gasteiger partial charge in [-0.15, -0.1) is 6.61 Å². The molecule has 0 aliphatic carbocycles. The Kier molecular flexibility index (Phi) is 15.1. The smallest absolute Gasteiger partial charge is 0.854 e. The molecule has 0 unspecified atom stereocenters. The van der Waals surface area contributed by atoms with E-state index in [1.54, 1.807) is 11.9 Å². The summed E-state index contributed by atoms with van der Waals surface area (Å²) in [4.78, 5) is 13.0. The molecule has 4 heteroatoms. The van der Waals surface area contributed by atoms with Gasteiger partial charge >= 0.3 is 51.4 Å². The minimum Gasteiger partial charge on any atom is -0.854 e. The number of hydrogen-bond acceptors (Lipinski definition) is 2. The molecule has 3 nitrogen and oxygen atoms in total. The first-order chi connectivity index (χ1) is 6.22. The molecule has 0 bridgehead atoms. The average Bonchev–Trinajstić information content (AvgIpc) is 2.14. The molecular formula is C10H20KNO2. The molecule has 78 valence electrons. The topological polar surface area (TPSA) is 43.4 Å². The van der Waals surface area contributed by atoms with Crippen LogP contribution in [0.2, 0.25) is 0 Å². The molecule has 0 rings (SSSR count). The first-order valence-corrected chi connectivity index (χ1v) is 5.04. The Hall–Kier alpha value is 1.07. The first-order valence-electron chi connectivity index (χ1n) is 5.04. The van der Waals surface area contributed by atoms with E-state index in [0.717, 1.165) is 19.3 Å². The zero-order valence-corrected chi connectivity index (χ0v) is 12.8. The van der Waals surface area contributed by atoms with Gasteiger partial charge in [0.15, 0.2) is 0 Å². The van der Waals surface area contributed by atoms with E-state index in [4.69, 9.17) is 0 Å². The van der Waals surface area contributed by atoms with Gasteiger partial charge in [-0.2, -0.15) is 0 Å². The third-order valence-corrected chi connectivity index (χ3v) is 2.06. The molecule has 0 atom stereocenters. The van der Waals surface area contributed by atoms with Crippen molar-refractivity contribution in [2.45, 2.75) is 39.0 Å². The van der Waals surface area contributed by atoms with E-state index < -0.39 is 0 Å².